The Morgan fingerprint density at radius 2 is 1.92 bits per heavy atom. The first-order valence-corrected chi connectivity index (χ1v) is 7.73. The molecule has 24 heavy (non-hydrogen) atoms. The van der Waals surface area contributed by atoms with Crippen LogP contribution in [0.3, 0.4) is 0 Å². The average Bonchev–Trinajstić information content (AvgIpc) is 2.93. The van der Waals surface area contributed by atoms with E-state index < -0.39 is 5.91 Å². The molecule has 7 heteroatoms. The van der Waals surface area contributed by atoms with Crippen LogP contribution in [0.5, 0.6) is 0 Å². The van der Waals surface area contributed by atoms with Gasteiger partial charge >= 0.3 is 0 Å². The van der Waals surface area contributed by atoms with Gasteiger partial charge in [0.05, 0.1) is 17.3 Å². The van der Waals surface area contributed by atoms with Gasteiger partial charge in [0.2, 0.25) is 0 Å². The lowest BCUT2D eigenvalue weighted by Crippen LogP contribution is -2.15. The monoisotopic (exact) mass is 341 g/mol. The van der Waals surface area contributed by atoms with Crippen molar-refractivity contribution in [3.63, 3.8) is 0 Å². The molecule has 0 radical (unpaired) electrons. The number of rotatable bonds is 4. The number of anilines is 2. The number of amides is 1. The van der Waals surface area contributed by atoms with Crippen LogP contribution in [0.25, 0.3) is 0 Å². The molecule has 0 spiro atoms. The second-order valence-corrected chi connectivity index (χ2v) is 5.81. The maximum atomic E-state index is 12.3. The minimum absolute atomic E-state index is 0.0713. The normalized spacial score (nSPS) is 10.6. The van der Waals surface area contributed by atoms with E-state index in [0.29, 0.717) is 17.3 Å². The van der Waals surface area contributed by atoms with Crippen LogP contribution in [0.4, 0.5) is 11.5 Å². The van der Waals surface area contributed by atoms with Gasteiger partial charge in [0, 0.05) is 0 Å². The molecular weight excluding hydrogens is 326 g/mol. The first kappa shape index (κ1) is 16.0. The molecule has 1 aromatic heterocycles. The lowest BCUT2D eigenvalue weighted by Gasteiger charge is -2.06. The van der Waals surface area contributed by atoms with E-state index in [1.54, 1.807) is 24.3 Å². The van der Waals surface area contributed by atoms with Crippen LogP contribution in [-0.2, 0) is 6.54 Å². The van der Waals surface area contributed by atoms with Gasteiger partial charge in [-0.3, -0.25) is 4.79 Å². The number of halogens is 1. The number of carbonyl (C=O) groups excluding carboxylic acids is 1. The molecule has 3 rings (SSSR count). The Balaban J connectivity index is 1.78. The fourth-order valence-electron chi connectivity index (χ4n) is 2.21. The fourth-order valence-corrected chi connectivity index (χ4v) is 2.39. The number of carbonyl (C=O) groups is 1. The number of hydrogen-bond acceptors (Lipinski definition) is 4. The van der Waals surface area contributed by atoms with Crippen LogP contribution in [0.2, 0.25) is 5.02 Å². The molecule has 0 aliphatic heterocycles. The van der Waals surface area contributed by atoms with Crippen molar-refractivity contribution < 1.29 is 4.79 Å². The lowest BCUT2D eigenvalue weighted by atomic mass is 10.1. The molecule has 6 nitrogen and oxygen atoms in total. The van der Waals surface area contributed by atoms with Crippen LogP contribution in [0.15, 0.2) is 48.5 Å². The van der Waals surface area contributed by atoms with Crippen LogP contribution < -0.4 is 11.1 Å². The molecule has 1 amide bonds. The van der Waals surface area contributed by atoms with Crippen molar-refractivity contribution in [2.75, 3.05) is 11.1 Å². The zero-order valence-electron chi connectivity index (χ0n) is 13.0. The van der Waals surface area contributed by atoms with Gasteiger partial charge in [-0.2, -0.15) is 0 Å². The van der Waals surface area contributed by atoms with E-state index in [1.807, 2.05) is 31.2 Å². The first-order chi connectivity index (χ1) is 11.5. The molecule has 0 bridgehead atoms. The maximum Gasteiger partial charge on any atom is 0.280 e. The minimum atomic E-state index is -0.448. The SMILES string of the molecule is Cc1ccc(Cn2nnc(C(=O)Nc3ccccc3Cl)c2N)cc1. The molecule has 0 aliphatic rings. The van der Waals surface area contributed by atoms with E-state index in [2.05, 4.69) is 15.6 Å². The number of hydrogen-bond donors (Lipinski definition) is 2. The Bertz CT molecular complexity index is 873. The van der Waals surface area contributed by atoms with Crippen LogP contribution in [0.1, 0.15) is 21.6 Å². The number of nitrogen functional groups attached to an aromatic ring is 1. The van der Waals surface area contributed by atoms with E-state index in [0.717, 1.165) is 5.56 Å². The molecule has 0 aliphatic carbocycles. The maximum absolute atomic E-state index is 12.3. The number of nitrogens with zero attached hydrogens (tertiary/aromatic N) is 3. The summed E-state index contributed by atoms with van der Waals surface area (Å²) in [6.07, 6.45) is 0. The molecule has 0 fully saturated rings. The number of aromatic nitrogens is 3. The van der Waals surface area contributed by atoms with Gasteiger partial charge in [-0.25, -0.2) is 4.68 Å². The summed E-state index contributed by atoms with van der Waals surface area (Å²) in [7, 11) is 0. The third-order valence-corrected chi connectivity index (χ3v) is 3.89. The Hall–Kier alpha value is -2.86. The van der Waals surface area contributed by atoms with Crippen LogP contribution >= 0.6 is 11.6 Å². The van der Waals surface area contributed by atoms with Gasteiger partial charge in [0.15, 0.2) is 11.5 Å². The topological polar surface area (TPSA) is 85.8 Å². The van der Waals surface area contributed by atoms with Crippen LogP contribution in [-0.4, -0.2) is 20.9 Å². The van der Waals surface area contributed by atoms with Crippen molar-refractivity contribution >= 4 is 29.0 Å². The highest BCUT2D eigenvalue weighted by molar-refractivity contribution is 6.33. The van der Waals surface area contributed by atoms with Gasteiger partial charge in [0.1, 0.15) is 0 Å². The number of nitrogens with one attached hydrogen (secondary N) is 1. The zero-order valence-corrected chi connectivity index (χ0v) is 13.8. The second-order valence-electron chi connectivity index (χ2n) is 5.40. The number of para-hydroxylation sites is 1. The molecule has 122 valence electrons. The minimum Gasteiger partial charge on any atom is -0.382 e. The predicted octanol–water partition coefficient (Wildman–Crippen LogP) is 3.12. The van der Waals surface area contributed by atoms with Crippen molar-refractivity contribution in [1.82, 2.24) is 15.0 Å². The van der Waals surface area contributed by atoms with Crippen molar-refractivity contribution in [2.24, 2.45) is 0 Å². The third kappa shape index (κ3) is 3.38. The molecule has 3 aromatic rings. The average molecular weight is 342 g/mol. The standard InChI is InChI=1S/C17H16ClN5O/c1-11-6-8-12(9-7-11)10-23-16(19)15(21-22-23)17(24)20-14-5-3-2-4-13(14)18/h2-9H,10,19H2,1H3,(H,20,24). The summed E-state index contributed by atoms with van der Waals surface area (Å²) in [4.78, 5) is 12.3. The summed E-state index contributed by atoms with van der Waals surface area (Å²) in [6.45, 7) is 2.46. The molecule has 0 saturated carbocycles. The Morgan fingerprint density at radius 1 is 1.21 bits per heavy atom. The van der Waals surface area contributed by atoms with Gasteiger partial charge < -0.3 is 11.1 Å². The van der Waals surface area contributed by atoms with Gasteiger partial charge in [-0.15, -0.1) is 5.10 Å². The predicted molar refractivity (Wildman–Crippen MR) is 94.1 cm³/mol. The molecule has 0 saturated heterocycles. The van der Waals surface area contributed by atoms with E-state index in [-0.39, 0.29) is 11.5 Å². The van der Waals surface area contributed by atoms with Gasteiger partial charge in [-0.05, 0) is 24.6 Å². The second kappa shape index (κ2) is 6.72. The molecule has 0 unspecified atom stereocenters. The molecule has 0 atom stereocenters. The van der Waals surface area contributed by atoms with E-state index in [9.17, 15) is 4.79 Å². The summed E-state index contributed by atoms with van der Waals surface area (Å²) in [5.74, 6) is -0.240. The Kier molecular flexibility index (Phi) is 4.48. The Labute approximate surface area is 144 Å². The van der Waals surface area contributed by atoms with Gasteiger partial charge in [0.25, 0.3) is 5.91 Å². The summed E-state index contributed by atoms with van der Waals surface area (Å²) in [5, 5.41) is 11.0. The highest BCUT2D eigenvalue weighted by Crippen LogP contribution is 2.22. The molecule has 1 heterocycles. The first-order valence-electron chi connectivity index (χ1n) is 7.35. The highest BCUT2D eigenvalue weighted by Gasteiger charge is 2.18. The fraction of sp³-hybridized carbons (Fsp3) is 0.118. The number of nitrogens with two attached hydrogens (primary N) is 1. The summed E-state index contributed by atoms with van der Waals surface area (Å²) in [5.41, 5.74) is 8.78. The quantitative estimate of drug-likeness (QED) is 0.763. The molecular formula is C17H16ClN5O. The van der Waals surface area contributed by atoms with E-state index in [4.69, 9.17) is 17.3 Å². The highest BCUT2D eigenvalue weighted by atomic mass is 35.5. The van der Waals surface area contributed by atoms with Crippen molar-refractivity contribution in [2.45, 2.75) is 13.5 Å². The molecule has 2 aromatic carbocycles. The summed E-state index contributed by atoms with van der Waals surface area (Å²) in [6, 6.07) is 14.9. The lowest BCUT2D eigenvalue weighted by molar-refractivity contribution is 0.102. The van der Waals surface area contributed by atoms with Crippen molar-refractivity contribution in [1.29, 1.82) is 0 Å². The largest absolute Gasteiger partial charge is 0.382 e. The van der Waals surface area contributed by atoms with Gasteiger partial charge in [-0.1, -0.05) is 58.8 Å². The summed E-state index contributed by atoms with van der Waals surface area (Å²) >= 11 is 6.03. The number of benzene rings is 2. The van der Waals surface area contributed by atoms with E-state index in [1.165, 1.54) is 10.2 Å². The summed E-state index contributed by atoms with van der Waals surface area (Å²) < 4.78 is 1.49. The third-order valence-electron chi connectivity index (χ3n) is 3.56. The smallest absolute Gasteiger partial charge is 0.280 e. The zero-order chi connectivity index (χ0) is 17.1. The van der Waals surface area contributed by atoms with E-state index >= 15 is 0 Å². The Morgan fingerprint density at radius 3 is 2.62 bits per heavy atom. The molecule has 3 N–H and O–H groups in total. The van der Waals surface area contributed by atoms with Crippen molar-refractivity contribution in [3.05, 3.63) is 70.4 Å². The number of aryl methyl sites for hydroxylation is 1. The van der Waals surface area contributed by atoms with Crippen molar-refractivity contribution in [3.8, 4) is 0 Å². The van der Waals surface area contributed by atoms with Crippen LogP contribution in [0, 0.1) is 6.92 Å².